The minimum Gasteiger partial charge on any atom is -0.370 e. The highest BCUT2D eigenvalue weighted by Crippen LogP contribution is 2.33. The lowest BCUT2D eigenvalue weighted by atomic mass is 9.91. The third kappa shape index (κ3) is 4.08. The number of hydrogen-bond donors (Lipinski definition) is 0. The summed E-state index contributed by atoms with van der Waals surface area (Å²) in [4.78, 5) is 9.79. The molecule has 2 aromatic rings. The fourth-order valence-electron chi connectivity index (χ4n) is 4.51. The van der Waals surface area contributed by atoms with Crippen LogP contribution in [-0.4, -0.2) is 40.5 Å². The maximum Gasteiger partial charge on any atom is 0.0507 e. The molecule has 1 unspecified atom stereocenters. The van der Waals surface area contributed by atoms with Gasteiger partial charge in [0, 0.05) is 36.6 Å². The molecule has 0 bridgehead atoms. The Morgan fingerprint density at radius 1 is 0.926 bits per heavy atom. The van der Waals surface area contributed by atoms with Gasteiger partial charge in [-0.1, -0.05) is 42.5 Å². The van der Waals surface area contributed by atoms with Gasteiger partial charge in [0.05, 0.1) is 6.04 Å². The van der Waals surface area contributed by atoms with Gasteiger partial charge in [-0.15, -0.1) is 0 Å². The van der Waals surface area contributed by atoms with Crippen LogP contribution in [0.25, 0.3) is 0 Å². The van der Waals surface area contributed by atoms with E-state index >= 15 is 0 Å². The summed E-state index contributed by atoms with van der Waals surface area (Å²) in [7, 11) is 0. The van der Waals surface area contributed by atoms with Gasteiger partial charge in [-0.3, -0.25) is 9.88 Å². The lowest BCUT2D eigenvalue weighted by Crippen LogP contribution is -2.41. The van der Waals surface area contributed by atoms with Crippen molar-refractivity contribution in [2.45, 2.75) is 51.6 Å². The molecule has 0 N–H and O–H groups in total. The fourth-order valence-corrected chi connectivity index (χ4v) is 4.51. The molecule has 0 aliphatic carbocycles. The third-order valence-electron chi connectivity index (χ3n) is 6.28. The van der Waals surface area contributed by atoms with E-state index in [1.807, 2.05) is 6.20 Å². The summed E-state index contributed by atoms with van der Waals surface area (Å²) < 4.78 is 0. The van der Waals surface area contributed by atoms with Crippen LogP contribution in [0.2, 0.25) is 0 Å². The van der Waals surface area contributed by atoms with Gasteiger partial charge in [0.15, 0.2) is 0 Å². The first-order chi connectivity index (χ1) is 13.1. The number of piperidine rings is 1. The summed E-state index contributed by atoms with van der Waals surface area (Å²) in [5, 5.41) is 0. The van der Waals surface area contributed by atoms with Crippen molar-refractivity contribution in [3.8, 4) is 0 Å². The second kappa shape index (κ2) is 7.85. The Labute approximate surface area is 163 Å². The summed E-state index contributed by atoms with van der Waals surface area (Å²) in [5.74, 6) is 0.611. The van der Waals surface area contributed by atoms with Crippen molar-refractivity contribution in [1.82, 2.24) is 14.8 Å². The van der Waals surface area contributed by atoms with Crippen molar-refractivity contribution < 1.29 is 0 Å². The van der Waals surface area contributed by atoms with Crippen LogP contribution in [0.1, 0.15) is 47.6 Å². The first-order valence-electron chi connectivity index (χ1n) is 10.3. The zero-order chi connectivity index (χ0) is 18.8. The Hall–Kier alpha value is -2.13. The maximum absolute atomic E-state index is 4.66. The van der Waals surface area contributed by atoms with Gasteiger partial charge in [0.2, 0.25) is 0 Å². The third-order valence-corrected chi connectivity index (χ3v) is 6.28. The lowest BCUT2D eigenvalue weighted by Gasteiger charge is -2.36. The van der Waals surface area contributed by atoms with E-state index < -0.39 is 0 Å². The van der Waals surface area contributed by atoms with Gasteiger partial charge in [0.1, 0.15) is 0 Å². The first kappa shape index (κ1) is 18.2. The van der Waals surface area contributed by atoms with Gasteiger partial charge in [0.25, 0.3) is 0 Å². The molecule has 2 fully saturated rings. The highest BCUT2D eigenvalue weighted by atomic mass is 15.3. The molecule has 1 aromatic carbocycles. The van der Waals surface area contributed by atoms with Crippen LogP contribution in [0.3, 0.4) is 0 Å². The molecule has 142 valence electrons. The van der Waals surface area contributed by atoms with Crippen LogP contribution in [0.5, 0.6) is 0 Å². The van der Waals surface area contributed by atoms with Crippen LogP contribution >= 0.6 is 0 Å². The molecule has 2 aliphatic heterocycles. The quantitative estimate of drug-likeness (QED) is 0.789. The number of likely N-dealkylation sites (tertiary alicyclic amines) is 2. The standard InChI is InChI=1S/C24H31N3/c1-18-4-7-21(8-5-18)17-27-15-12-24(20(27)3)26-13-10-22(11-14-26)23-9-6-19(2)16-25-23/h4-9,16,22,24H,3,10-15,17H2,1-2H3. The number of pyridine rings is 1. The van der Waals surface area contributed by atoms with E-state index in [1.165, 1.54) is 47.3 Å². The summed E-state index contributed by atoms with van der Waals surface area (Å²) in [6.45, 7) is 13.1. The monoisotopic (exact) mass is 361 g/mol. The number of hydrogen-bond acceptors (Lipinski definition) is 3. The lowest BCUT2D eigenvalue weighted by molar-refractivity contribution is 0.170. The average molecular weight is 362 g/mol. The highest BCUT2D eigenvalue weighted by molar-refractivity contribution is 5.23. The molecule has 2 aliphatic rings. The van der Waals surface area contributed by atoms with Gasteiger partial charge in [-0.25, -0.2) is 0 Å². The molecule has 27 heavy (non-hydrogen) atoms. The average Bonchev–Trinajstić information content (AvgIpc) is 3.05. The van der Waals surface area contributed by atoms with Gasteiger partial charge >= 0.3 is 0 Å². The molecule has 1 atom stereocenters. The topological polar surface area (TPSA) is 19.4 Å². The molecule has 4 rings (SSSR count). The highest BCUT2D eigenvalue weighted by Gasteiger charge is 2.33. The van der Waals surface area contributed by atoms with Gasteiger partial charge in [-0.2, -0.15) is 0 Å². The smallest absolute Gasteiger partial charge is 0.0507 e. The van der Waals surface area contributed by atoms with Crippen LogP contribution in [0.15, 0.2) is 54.9 Å². The summed E-state index contributed by atoms with van der Waals surface area (Å²) in [6.07, 6.45) is 5.62. The van der Waals surface area contributed by atoms with Crippen molar-refractivity contribution >= 4 is 0 Å². The van der Waals surface area contributed by atoms with E-state index in [-0.39, 0.29) is 0 Å². The SMILES string of the molecule is C=C1C(N2CCC(c3ccc(C)cn3)CC2)CCN1Cc1ccc(C)cc1. The van der Waals surface area contributed by atoms with Crippen LogP contribution in [-0.2, 0) is 6.54 Å². The summed E-state index contributed by atoms with van der Waals surface area (Å²) >= 11 is 0. The second-order valence-electron chi connectivity index (χ2n) is 8.27. The number of nitrogens with zero attached hydrogens (tertiary/aromatic N) is 3. The maximum atomic E-state index is 4.66. The molecule has 0 spiro atoms. The van der Waals surface area contributed by atoms with E-state index in [4.69, 9.17) is 0 Å². The molecular formula is C24H31N3. The van der Waals surface area contributed by atoms with Crippen molar-refractivity contribution in [2.75, 3.05) is 19.6 Å². The minimum atomic E-state index is 0.516. The summed E-state index contributed by atoms with van der Waals surface area (Å²) in [6, 6.07) is 13.8. The van der Waals surface area contributed by atoms with E-state index in [9.17, 15) is 0 Å². The second-order valence-corrected chi connectivity index (χ2v) is 8.27. The number of rotatable bonds is 4. The van der Waals surface area contributed by atoms with Crippen LogP contribution < -0.4 is 0 Å². The van der Waals surface area contributed by atoms with Crippen molar-refractivity contribution in [2.24, 2.45) is 0 Å². The normalized spacial score (nSPS) is 21.8. The predicted octanol–water partition coefficient (Wildman–Crippen LogP) is 4.67. The van der Waals surface area contributed by atoms with Gasteiger partial charge < -0.3 is 4.90 Å². The molecular weight excluding hydrogens is 330 g/mol. The van der Waals surface area contributed by atoms with E-state index in [2.05, 4.69) is 71.6 Å². The Bertz CT molecular complexity index is 770. The zero-order valence-electron chi connectivity index (χ0n) is 16.7. The van der Waals surface area contributed by atoms with Crippen LogP contribution in [0.4, 0.5) is 0 Å². The molecule has 0 radical (unpaired) electrons. The van der Waals surface area contributed by atoms with E-state index in [1.54, 1.807) is 0 Å². The summed E-state index contributed by atoms with van der Waals surface area (Å²) in [5.41, 5.74) is 6.52. The fraction of sp³-hybridized carbons (Fsp3) is 0.458. The number of aryl methyl sites for hydroxylation is 2. The number of aromatic nitrogens is 1. The molecule has 0 saturated carbocycles. The largest absolute Gasteiger partial charge is 0.370 e. The minimum absolute atomic E-state index is 0.516. The van der Waals surface area contributed by atoms with Crippen molar-refractivity contribution in [1.29, 1.82) is 0 Å². The molecule has 3 nitrogen and oxygen atoms in total. The number of benzene rings is 1. The first-order valence-corrected chi connectivity index (χ1v) is 10.3. The molecule has 3 heterocycles. The van der Waals surface area contributed by atoms with Crippen LogP contribution in [0, 0.1) is 13.8 Å². The van der Waals surface area contributed by atoms with E-state index in [0.29, 0.717) is 12.0 Å². The predicted molar refractivity (Wildman–Crippen MR) is 112 cm³/mol. The molecule has 3 heteroatoms. The Kier molecular flexibility index (Phi) is 5.31. The Balaban J connectivity index is 1.33. The van der Waals surface area contributed by atoms with Crippen molar-refractivity contribution in [3.05, 3.63) is 77.3 Å². The van der Waals surface area contributed by atoms with Gasteiger partial charge in [-0.05, 0) is 63.4 Å². The zero-order valence-corrected chi connectivity index (χ0v) is 16.7. The van der Waals surface area contributed by atoms with E-state index in [0.717, 1.165) is 26.2 Å². The molecule has 0 amide bonds. The van der Waals surface area contributed by atoms with Crippen molar-refractivity contribution in [3.63, 3.8) is 0 Å². The molecule has 1 aromatic heterocycles. The Morgan fingerprint density at radius 2 is 1.63 bits per heavy atom. The Morgan fingerprint density at radius 3 is 2.30 bits per heavy atom. The molecule has 2 saturated heterocycles.